The molecule has 5 heteroatoms. The van der Waals surface area contributed by atoms with Gasteiger partial charge in [0.05, 0.1) is 6.61 Å². The Morgan fingerprint density at radius 3 is 2.30 bits per heavy atom. The quantitative estimate of drug-likeness (QED) is 0.858. The van der Waals surface area contributed by atoms with Gasteiger partial charge < -0.3 is 5.11 Å². The second-order valence-electron chi connectivity index (χ2n) is 6.83. The van der Waals surface area contributed by atoms with E-state index in [1.165, 1.54) is 48.8 Å². The Bertz CT molecular complexity index is 463. The number of hydrogen-bond acceptors (Lipinski definition) is 5. The minimum absolute atomic E-state index is 0.293. The summed E-state index contributed by atoms with van der Waals surface area (Å²) >= 11 is 1.98. The number of nitrogens with zero attached hydrogens (tertiary/aromatic N) is 3. The Morgan fingerprint density at radius 2 is 1.70 bits per heavy atom. The predicted octanol–water partition coefficient (Wildman–Crippen LogP) is 1.88. The molecule has 0 bridgehead atoms. The SMILES string of the molecule is CCc1ccc(CN2CCC(N3CCN(CCO)CC3)CC2)s1. The first-order valence-corrected chi connectivity index (χ1v) is 9.97. The number of hydrogen-bond donors (Lipinski definition) is 1. The zero-order valence-electron chi connectivity index (χ0n) is 14.4. The molecule has 4 nitrogen and oxygen atoms in total. The van der Waals surface area contributed by atoms with Gasteiger partial charge in [-0.2, -0.15) is 0 Å². The first kappa shape index (κ1) is 17.4. The van der Waals surface area contributed by atoms with Crippen LogP contribution in [0.2, 0.25) is 0 Å². The molecule has 0 aromatic carbocycles. The zero-order valence-corrected chi connectivity index (χ0v) is 15.2. The Morgan fingerprint density at radius 1 is 1.00 bits per heavy atom. The minimum atomic E-state index is 0.293. The highest BCUT2D eigenvalue weighted by atomic mass is 32.1. The van der Waals surface area contributed by atoms with Crippen LogP contribution in [-0.2, 0) is 13.0 Å². The molecule has 2 fully saturated rings. The molecule has 23 heavy (non-hydrogen) atoms. The lowest BCUT2D eigenvalue weighted by atomic mass is 10.0. The number of aryl methyl sites for hydroxylation is 1. The summed E-state index contributed by atoms with van der Waals surface area (Å²) in [4.78, 5) is 10.7. The average molecular weight is 338 g/mol. The molecule has 0 spiro atoms. The molecule has 3 heterocycles. The molecule has 130 valence electrons. The van der Waals surface area contributed by atoms with Crippen LogP contribution in [-0.4, -0.2) is 78.3 Å². The minimum Gasteiger partial charge on any atom is -0.395 e. The predicted molar refractivity (Wildman–Crippen MR) is 97.1 cm³/mol. The van der Waals surface area contributed by atoms with Crippen molar-refractivity contribution in [3.63, 3.8) is 0 Å². The highest BCUT2D eigenvalue weighted by Gasteiger charge is 2.27. The maximum Gasteiger partial charge on any atom is 0.0558 e. The molecule has 0 radical (unpaired) electrons. The number of thiophene rings is 1. The monoisotopic (exact) mass is 337 g/mol. The molecule has 2 aliphatic rings. The second-order valence-corrected chi connectivity index (χ2v) is 8.08. The summed E-state index contributed by atoms with van der Waals surface area (Å²) in [6.07, 6.45) is 3.78. The molecule has 1 N–H and O–H groups in total. The van der Waals surface area contributed by atoms with E-state index in [2.05, 4.69) is 33.8 Å². The summed E-state index contributed by atoms with van der Waals surface area (Å²) in [5, 5.41) is 9.04. The van der Waals surface area contributed by atoms with Crippen LogP contribution in [0.15, 0.2) is 12.1 Å². The topological polar surface area (TPSA) is 30.0 Å². The number of piperidine rings is 1. The highest BCUT2D eigenvalue weighted by Crippen LogP contribution is 2.23. The maximum absolute atomic E-state index is 9.04. The molecule has 3 rings (SSSR count). The maximum atomic E-state index is 9.04. The van der Waals surface area contributed by atoms with E-state index in [4.69, 9.17) is 5.11 Å². The van der Waals surface area contributed by atoms with E-state index in [0.29, 0.717) is 6.61 Å². The van der Waals surface area contributed by atoms with Crippen molar-refractivity contribution >= 4 is 11.3 Å². The van der Waals surface area contributed by atoms with Gasteiger partial charge in [-0.1, -0.05) is 6.92 Å². The molecule has 0 amide bonds. The van der Waals surface area contributed by atoms with Gasteiger partial charge in [0.25, 0.3) is 0 Å². The van der Waals surface area contributed by atoms with Gasteiger partial charge in [-0.15, -0.1) is 11.3 Å². The van der Waals surface area contributed by atoms with Crippen LogP contribution >= 0.6 is 11.3 Å². The van der Waals surface area contributed by atoms with Crippen molar-refractivity contribution in [1.29, 1.82) is 0 Å². The van der Waals surface area contributed by atoms with Gasteiger partial charge in [0.15, 0.2) is 0 Å². The molecule has 0 unspecified atom stereocenters. The lowest BCUT2D eigenvalue weighted by molar-refractivity contribution is 0.0518. The summed E-state index contributed by atoms with van der Waals surface area (Å²) in [6.45, 7) is 11.6. The number of piperazine rings is 1. The first-order valence-electron chi connectivity index (χ1n) is 9.15. The fourth-order valence-corrected chi connectivity index (χ4v) is 4.85. The third kappa shape index (κ3) is 4.77. The van der Waals surface area contributed by atoms with E-state index < -0.39 is 0 Å². The Kier molecular flexibility index (Phi) is 6.48. The van der Waals surface area contributed by atoms with E-state index in [-0.39, 0.29) is 0 Å². The van der Waals surface area contributed by atoms with Crippen LogP contribution < -0.4 is 0 Å². The zero-order chi connectivity index (χ0) is 16.1. The third-order valence-electron chi connectivity index (χ3n) is 5.34. The fraction of sp³-hybridized carbons (Fsp3) is 0.778. The lowest BCUT2D eigenvalue weighted by Gasteiger charge is -2.42. The fourth-order valence-electron chi connectivity index (χ4n) is 3.85. The number of aliphatic hydroxyl groups excluding tert-OH is 1. The largest absolute Gasteiger partial charge is 0.395 e. The van der Waals surface area contributed by atoms with Crippen molar-refractivity contribution in [1.82, 2.24) is 14.7 Å². The van der Waals surface area contributed by atoms with Crippen molar-refractivity contribution in [3.05, 3.63) is 21.9 Å². The van der Waals surface area contributed by atoms with Crippen LogP contribution in [0.1, 0.15) is 29.5 Å². The van der Waals surface area contributed by atoms with Crippen LogP contribution in [0.5, 0.6) is 0 Å². The van der Waals surface area contributed by atoms with Gasteiger partial charge in [0.2, 0.25) is 0 Å². The van der Waals surface area contributed by atoms with Gasteiger partial charge in [-0.25, -0.2) is 0 Å². The van der Waals surface area contributed by atoms with E-state index in [9.17, 15) is 0 Å². The molecule has 0 atom stereocenters. The van der Waals surface area contributed by atoms with Crippen LogP contribution in [0.3, 0.4) is 0 Å². The standard InChI is InChI=1S/C18H31N3OS/c1-2-17-3-4-18(23-17)15-20-7-5-16(6-8-20)21-11-9-19(10-12-21)13-14-22/h3-4,16,22H,2,5-15H2,1H3. The average Bonchev–Trinajstić information content (AvgIpc) is 3.04. The van der Waals surface area contributed by atoms with Crippen LogP contribution in [0, 0.1) is 0 Å². The molecule has 1 aromatic heterocycles. The molecule has 1 aromatic rings. The van der Waals surface area contributed by atoms with Crippen molar-refractivity contribution in [2.45, 2.75) is 38.8 Å². The lowest BCUT2D eigenvalue weighted by Crippen LogP contribution is -2.53. The van der Waals surface area contributed by atoms with Crippen molar-refractivity contribution in [2.24, 2.45) is 0 Å². The van der Waals surface area contributed by atoms with Gasteiger partial charge in [-0.3, -0.25) is 14.7 Å². The molecular formula is C18H31N3OS. The van der Waals surface area contributed by atoms with Crippen molar-refractivity contribution < 1.29 is 5.11 Å². The van der Waals surface area contributed by atoms with Gasteiger partial charge in [0, 0.05) is 68.2 Å². The summed E-state index contributed by atoms with van der Waals surface area (Å²) in [6, 6.07) is 5.38. The smallest absolute Gasteiger partial charge is 0.0558 e. The molecular weight excluding hydrogens is 306 g/mol. The number of likely N-dealkylation sites (tertiary alicyclic amines) is 1. The molecule has 2 aliphatic heterocycles. The Hall–Kier alpha value is -0.460. The summed E-state index contributed by atoms with van der Waals surface area (Å²) in [7, 11) is 0. The van der Waals surface area contributed by atoms with E-state index in [0.717, 1.165) is 38.6 Å². The summed E-state index contributed by atoms with van der Waals surface area (Å²) in [5.74, 6) is 0. The number of rotatable bonds is 6. The highest BCUT2D eigenvalue weighted by molar-refractivity contribution is 7.11. The number of β-amino-alcohol motifs (C(OH)–C–C–N with tert-alkyl or cyclic N) is 1. The van der Waals surface area contributed by atoms with Gasteiger partial charge >= 0.3 is 0 Å². The third-order valence-corrected chi connectivity index (χ3v) is 6.56. The van der Waals surface area contributed by atoms with Gasteiger partial charge in [-0.05, 0) is 31.4 Å². The normalized spacial score (nSPS) is 22.7. The summed E-state index contributed by atoms with van der Waals surface area (Å²) < 4.78 is 0. The second kappa shape index (κ2) is 8.58. The van der Waals surface area contributed by atoms with Crippen molar-refractivity contribution in [3.8, 4) is 0 Å². The van der Waals surface area contributed by atoms with Gasteiger partial charge in [0.1, 0.15) is 0 Å². The van der Waals surface area contributed by atoms with E-state index in [1.54, 1.807) is 0 Å². The van der Waals surface area contributed by atoms with Crippen molar-refractivity contribution in [2.75, 3.05) is 52.4 Å². The first-order chi connectivity index (χ1) is 11.3. The van der Waals surface area contributed by atoms with Crippen LogP contribution in [0.4, 0.5) is 0 Å². The van der Waals surface area contributed by atoms with E-state index >= 15 is 0 Å². The van der Waals surface area contributed by atoms with E-state index in [1.807, 2.05) is 11.3 Å². The Balaban J connectivity index is 1.40. The Labute approximate surface area is 144 Å². The van der Waals surface area contributed by atoms with Crippen LogP contribution in [0.25, 0.3) is 0 Å². The molecule has 2 saturated heterocycles. The molecule has 0 aliphatic carbocycles. The summed E-state index contributed by atoms with van der Waals surface area (Å²) in [5.41, 5.74) is 0. The number of aliphatic hydroxyl groups is 1. The molecule has 0 saturated carbocycles.